The van der Waals surface area contributed by atoms with Gasteiger partial charge in [-0.2, -0.15) is 0 Å². The molecule has 1 saturated carbocycles. The maximum absolute atomic E-state index is 12.4. The minimum atomic E-state index is -3.94. The van der Waals surface area contributed by atoms with E-state index in [0.29, 0.717) is 16.7 Å². The van der Waals surface area contributed by atoms with Gasteiger partial charge in [-0.3, -0.25) is 0 Å². The molecule has 1 aliphatic rings. The van der Waals surface area contributed by atoms with E-state index in [4.69, 9.17) is 16.7 Å². The second kappa shape index (κ2) is 8.78. The number of nitrogens with one attached hydrogen (secondary N) is 2. The molecular weight excluding hydrogens is 458 g/mol. The van der Waals surface area contributed by atoms with Gasteiger partial charge < -0.3 is 10.3 Å². The summed E-state index contributed by atoms with van der Waals surface area (Å²) < 4.78 is 24.9. The normalized spacial score (nSPS) is 15.1. The number of halogens is 1. The van der Waals surface area contributed by atoms with Gasteiger partial charge in [-0.1, -0.05) is 43.0 Å². The van der Waals surface area contributed by atoms with E-state index in [1.54, 1.807) is 18.3 Å². The van der Waals surface area contributed by atoms with Crippen molar-refractivity contribution in [1.82, 2.24) is 15.0 Å². The van der Waals surface area contributed by atoms with Gasteiger partial charge in [-0.15, -0.1) is 0 Å². The number of H-pyrrole nitrogens is 1. The monoisotopic (exact) mass is 481 g/mol. The largest absolute Gasteiger partial charge is 0.346 e. The number of nitrogens with zero attached hydrogens (tertiary/aromatic N) is 2. The molecule has 0 spiro atoms. The molecule has 1 aliphatic carbocycles. The molecule has 3 aromatic heterocycles. The fraction of sp³-hybridized carbons (Fsp3) is 0.250. The second-order valence-electron chi connectivity index (χ2n) is 8.39. The van der Waals surface area contributed by atoms with Gasteiger partial charge in [0.05, 0.1) is 5.69 Å². The van der Waals surface area contributed by atoms with Crippen LogP contribution in [-0.2, 0) is 10.0 Å². The Balaban J connectivity index is 1.61. The van der Waals surface area contributed by atoms with Crippen molar-refractivity contribution < 1.29 is 8.42 Å². The molecule has 0 amide bonds. The molecule has 1 aromatic carbocycles. The SMILES string of the molecule is NS(=O)(=O)c1cccc(C2CCCCC2)c1Nc1cc(-c2c[nH]c3ncccc23)cc(Cl)n1. The fourth-order valence-corrected chi connectivity index (χ4v) is 5.64. The van der Waals surface area contributed by atoms with E-state index in [9.17, 15) is 8.42 Å². The van der Waals surface area contributed by atoms with Crippen LogP contribution in [0.2, 0.25) is 5.15 Å². The topological polar surface area (TPSA) is 114 Å². The number of fused-ring (bicyclic) bond motifs is 1. The van der Waals surface area contributed by atoms with Gasteiger partial charge >= 0.3 is 0 Å². The zero-order valence-electron chi connectivity index (χ0n) is 17.9. The van der Waals surface area contributed by atoms with Crippen molar-refractivity contribution >= 4 is 44.2 Å². The first-order valence-electron chi connectivity index (χ1n) is 10.9. The van der Waals surface area contributed by atoms with E-state index in [-0.39, 0.29) is 10.8 Å². The molecule has 3 heterocycles. The minimum absolute atomic E-state index is 0.0604. The number of pyridine rings is 2. The Hall–Kier alpha value is -2.94. The van der Waals surface area contributed by atoms with Crippen molar-refractivity contribution in [2.75, 3.05) is 5.32 Å². The summed E-state index contributed by atoms with van der Waals surface area (Å²) in [5, 5.41) is 10.1. The van der Waals surface area contributed by atoms with Crippen LogP contribution in [0.4, 0.5) is 11.5 Å². The Morgan fingerprint density at radius 3 is 2.70 bits per heavy atom. The number of para-hydroxylation sites is 1. The van der Waals surface area contributed by atoms with Gasteiger partial charge in [0.1, 0.15) is 21.5 Å². The van der Waals surface area contributed by atoms with Crippen LogP contribution in [0, 0.1) is 0 Å². The minimum Gasteiger partial charge on any atom is -0.346 e. The van der Waals surface area contributed by atoms with E-state index in [2.05, 4.69) is 20.3 Å². The van der Waals surface area contributed by atoms with Gasteiger partial charge in [-0.25, -0.2) is 23.5 Å². The molecule has 0 aliphatic heterocycles. The summed E-state index contributed by atoms with van der Waals surface area (Å²) in [7, 11) is -3.94. The summed E-state index contributed by atoms with van der Waals surface area (Å²) in [5.74, 6) is 0.713. The van der Waals surface area contributed by atoms with E-state index >= 15 is 0 Å². The molecule has 0 atom stereocenters. The van der Waals surface area contributed by atoms with Gasteiger partial charge in [-0.05, 0) is 60.2 Å². The molecular formula is C24H24ClN5O2S. The van der Waals surface area contributed by atoms with Crippen molar-refractivity contribution in [1.29, 1.82) is 0 Å². The van der Waals surface area contributed by atoms with Crippen LogP contribution in [0.3, 0.4) is 0 Å². The zero-order valence-corrected chi connectivity index (χ0v) is 19.5. The van der Waals surface area contributed by atoms with Crippen molar-refractivity contribution in [3.8, 4) is 11.1 Å². The highest BCUT2D eigenvalue weighted by atomic mass is 35.5. The lowest BCUT2D eigenvalue weighted by atomic mass is 9.83. The smallest absolute Gasteiger partial charge is 0.240 e. The average molecular weight is 482 g/mol. The number of primary sulfonamides is 1. The zero-order chi connectivity index (χ0) is 23.0. The highest BCUT2D eigenvalue weighted by molar-refractivity contribution is 7.89. The Kier molecular flexibility index (Phi) is 5.82. The van der Waals surface area contributed by atoms with Crippen molar-refractivity contribution in [3.05, 3.63) is 65.6 Å². The van der Waals surface area contributed by atoms with Crippen LogP contribution in [0.25, 0.3) is 22.2 Å². The first-order chi connectivity index (χ1) is 15.9. The first-order valence-corrected chi connectivity index (χ1v) is 12.9. The lowest BCUT2D eigenvalue weighted by Crippen LogP contribution is -2.17. The molecule has 7 nitrogen and oxygen atoms in total. The van der Waals surface area contributed by atoms with Crippen molar-refractivity contribution in [3.63, 3.8) is 0 Å². The molecule has 9 heteroatoms. The van der Waals surface area contributed by atoms with Crippen LogP contribution in [0.15, 0.2) is 59.8 Å². The van der Waals surface area contributed by atoms with E-state index in [1.807, 2.05) is 30.5 Å². The summed E-state index contributed by atoms with van der Waals surface area (Å²) in [5.41, 5.74) is 3.96. The maximum atomic E-state index is 12.4. The van der Waals surface area contributed by atoms with Gasteiger partial charge in [0.2, 0.25) is 10.0 Å². The summed E-state index contributed by atoms with van der Waals surface area (Å²) in [6.07, 6.45) is 9.08. The van der Waals surface area contributed by atoms with Gasteiger partial charge in [0.25, 0.3) is 0 Å². The number of hydrogen-bond donors (Lipinski definition) is 3. The Labute approximate surface area is 197 Å². The summed E-state index contributed by atoms with van der Waals surface area (Å²) in [6.45, 7) is 0. The molecule has 4 aromatic rings. The number of anilines is 2. The van der Waals surface area contributed by atoms with Crippen LogP contribution in [0.1, 0.15) is 43.6 Å². The molecule has 0 radical (unpaired) electrons. The maximum Gasteiger partial charge on any atom is 0.240 e. The number of sulfonamides is 1. The third kappa shape index (κ3) is 4.46. The highest BCUT2D eigenvalue weighted by Crippen LogP contribution is 2.40. The number of nitrogens with two attached hydrogens (primary N) is 1. The number of aromatic amines is 1. The van der Waals surface area contributed by atoms with Crippen molar-refractivity contribution in [2.45, 2.75) is 42.9 Å². The molecule has 0 bridgehead atoms. The second-order valence-corrected chi connectivity index (χ2v) is 10.3. The lowest BCUT2D eigenvalue weighted by molar-refractivity contribution is 0.444. The van der Waals surface area contributed by atoms with E-state index in [1.165, 1.54) is 12.5 Å². The molecule has 0 saturated heterocycles. The number of rotatable bonds is 5. The van der Waals surface area contributed by atoms with Crippen LogP contribution in [-0.4, -0.2) is 23.4 Å². The van der Waals surface area contributed by atoms with Gasteiger partial charge in [0, 0.05) is 23.3 Å². The summed E-state index contributed by atoms with van der Waals surface area (Å²) in [4.78, 5) is 12.0. The predicted molar refractivity (Wildman–Crippen MR) is 131 cm³/mol. The van der Waals surface area contributed by atoms with Crippen LogP contribution < -0.4 is 10.5 Å². The third-order valence-electron chi connectivity index (χ3n) is 6.22. The Morgan fingerprint density at radius 2 is 1.91 bits per heavy atom. The first kappa shape index (κ1) is 21.9. The number of aromatic nitrogens is 3. The fourth-order valence-electron chi connectivity index (χ4n) is 4.71. The summed E-state index contributed by atoms with van der Waals surface area (Å²) >= 11 is 6.38. The van der Waals surface area contributed by atoms with E-state index < -0.39 is 10.0 Å². The molecule has 170 valence electrons. The quantitative estimate of drug-likeness (QED) is 0.315. The third-order valence-corrected chi connectivity index (χ3v) is 7.37. The molecule has 5 rings (SSSR count). The predicted octanol–water partition coefficient (Wildman–Crippen LogP) is 5.72. The molecule has 1 fully saturated rings. The summed E-state index contributed by atoms with van der Waals surface area (Å²) in [6, 6.07) is 12.7. The number of benzene rings is 1. The lowest BCUT2D eigenvalue weighted by Gasteiger charge is -2.26. The molecule has 33 heavy (non-hydrogen) atoms. The van der Waals surface area contributed by atoms with Crippen LogP contribution in [0.5, 0.6) is 0 Å². The van der Waals surface area contributed by atoms with Crippen molar-refractivity contribution in [2.24, 2.45) is 5.14 Å². The van der Waals surface area contributed by atoms with E-state index in [0.717, 1.165) is 53.4 Å². The average Bonchev–Trinajstić information content (AvgIpc) is 3.23. The highest BCUT2D eigenvalue weighted by Gasteiger charge is 2.24. The Bertz CT molecular complexity index is 1430. The Morgan fingerprint density at radius 1 is 1.09 bits per heavy atom. The molecule has 0 unspecified atom stereocenters. The number of hydrogen-bond acceptors (Lipinski definition) is 5. The van der Waals surface area contributed by atoms with Crippen LogP contribution >= 0.6 is 11.6 Å². The standard InChI is InChI=1S/C24H24ClN5O2S/c25-21-12-16(19-14-28-24-18(19)9-5-11-27-24)13-22(29-21)30-23-17(15-6-2-1-3-7-15)8-4-10-20(23)33(26,31)32/h4-5,8-15H,1-3,6-7H2,(H,27,28)(H,29,30)(H2,26,31,32). The van der Waals surface area contributed by atoms with Gasteiger partial charge in [0.15, 0.2) is 0 Å². The molecule has 4 N–H and O–H groups in total.